The first-order valence-corrected chi connectivity index (χ1v) is 7.44. The third-order valence-electron chi connectivity index (χ3n) is 3.71. The number of alkyl halides is 3. The molecule has 0 aliphatic carbocycles. The van der Waals surface area contributed by atoms with Gasteiger partial charge in [-0.3, -0.25) is 4.79 Å². The fourth-order valence-electron chi connectivity index (χ4n) is 2.56. The normalized spacial score (nSPS) is 11.7. The molecule has 130 valence electrons. The first kappa shape index (κ1) is 17.0. The molecular formula is C18H13F4NO2. The Kier molecular flexibility index (Phi) is 4.48. The smallest absolute Gasteiger partial charge is 0.454 e. The van der Waals surface area contributed by atoms with Crippen LogP contribution in [0.15, 0.2) is 54.7 Å². The van der Waals surface area contributed by atoms with Crippen LogP contribution in [0.3, 0.4) is 0 Å². The summed E-state index contributed by atoms with van der Waals surface area (Å²) in [5.74, 6) is -1.81. The molecule has 0 aliphatic rings. The Morgan fingerprint density at radius 2 is 1.72 bits per heavy atom. The zero-order valence-electron chi connectivity index (χ0n) is 12.9. The number of Topliss-reactive ketones (excluding diaryl/α,β-unsaturated/α-hetero) is 1. The van der Waals surface area contributed by atoms with Gasteiger partial charge in [-0.15, -0.1) is 0 Å². The van der Waals surface area contributed by atoms with Crippen LogP contribution in [0.5, 0.6) is 5.75 Å². The van der Waals surface area contributed by atoms with Crippen molar-refractivity contribution in [2.45, 2.75) is 12.7 Å². The van der Waals surface area contributed by atoms with Gasteiger partial charge in [0.05, 0.1) is 12.1 Å². The fourth-order valence-corrected chi connectivity index (χ4v) is 2.56. The number of carbonyl (C=O) groups is 1. The summed E-state index contributed by atoms with van der Waals surface area (Å²) in [6, 6.07) is 11.8. The highest BCUT2D eigenvalue weighted by Gasteiger charge is 2.40. The summed E-state index contributed by atoms with van der Waals surface area (Å²) in [4.78, 5) is 11.6. The van der Waals surface area contributed by atoms with Crippen LogP contribution in [0.25, 0.3) is 10.9 Å². The molecule has 0 spiro atoms. The Morgan fingerprint density at radius 3 is 2.40 bits per heavy atom. The molecule has 0 fully saturated rings. The molecule has 0 aliphatic heterocycles. The lowest BCUT2D eigenvalue weighted by atomic mass is 10.1. The van der Waals surface area contributed by atoms with Crippen LogP contribution in [0.1, 0.15) is 10.4 Å². The van der Waals surface area contributed by atoms with Crippen molar-refractivity contribution in [2.24, 2.45) is 0 Å². The second kappa shape index (κ2) is 6.58. The number of ether oxygens (including phenoxy) is 1. The quantitative estimate of drug-likeness (QED) is 0.497. The van der Waals surface area contributed by atoms with Gasteiger partial charge in [-0.05, 0) is 30.3 Å². The van der Waals surface area contributed by atoms with E-state index in [1.54, 1.807) is 18.2 Å². The minimum atomic E-state index is -4.93. The minimum absolute atomic E-state index is 0.157. The number of ketones is 1. The Hall–Kier alpha value is -2.83. The maximum Gasteiger partial charge on any atom is 0.454 e. The van der Waals surface area contributed by atoms with Gasteiger partial charge in [0.1, 0.15) is 18.2 Å². The number of benzene rings is 2. The van der Waals surface area contributed by atoms with Crippen LogP contribution in [0, 0.1) is 5.82 Å². The standard InChI is InChI=1S/C18H13F4NO2/c19-12-5-7-13(8-6-12)25-10-9-23-11-15(17(24)18(20,21)22)14-3-1-2-4-16(14)23/h1-8,11H,9-10H2. The van der Waals surface area contributed by atoms with Crippen LogP contribution >= 0.6 is 0 Å². The van der Waals surface area contributed by atoms with Crippen molar-refractivity contribution in [2.75, 3.05) is 6.61 Å². The summed E-state index contributed by atoms with van der Waals surface area (Å²) < 4.78 is 58.1. The molecule has 0 bridgehead atoms. The highest BCUT2D eigenvalue weighted by atomic mass is 19.4. The van der Waals surface area contributed by atoms with E-state index in [2.05, 4.69) is 0 Å². The number of hydrogen-bond donors (Lipinski definition) is 0. The summed E-state index contributed by atoms with van der Waals surface area (Å²) in [6.45, 7) is 0.396. The van der Waals surface area contributed by atoms with Gasteiger partial charge in [0, 0.05) is 17.1 Å². The third kappa shape index (κ3) is 3.65. The van der Waals surface area contributed by atoms with Crippen LogP contribution in [-0.4, -0.2) is 23.1 Å². The van der Waals surface area contributed by atoms with E-state index in [9.17, 15) is 22.4 Å². The predicted octanol–water partition coefficient (Wildman–Crippen LogP) is 4.60. The topological polar surface area (TPSA) is 31.2 Å². The van der Waals surface area contributed by atoms with Gasteiger partial charge in [0.25, 0.3) is 5.78 Å². The SMILES string of the molecule is O=C(c1cn(CCOc2ccc(F)cc2)c2ccccc12)C(F)(F)F. The Morgan fingerprint density at radius 1 is 1.04 bits per heavy atom. The van der Waals surface area contributed by atoms with Crippen molar-refractivity contribution in [3.63, 3.8) is 0 Å². The minimum Gasteiger partial charge on any atom is -0.492 e. The van der Waals surface area contributed by atoms with Crippen molar-refractivity contribution < 1.29 is 27.1 Å². The van der Waals surface area contributed by atoms with Gasteiger partial charge in [-0.1, -0.05) is 18.2 Å². The van der Waals surface area contributed by atoms with Crippen molar-refractivity contribution in [3.8, 4) is 5.75 Å². The molecule has 3 aromatic rings. The molecule has 0 N–H and O–H groups in total. The largest absolute Gasteiger partial charge is 0.492 e. The molecular weight excluding hydrogens is 338 g/mol. The average molecular weight is 351 g/mol. The molecule has 0 radical (unpaired) electrons. The summed E-state index contributed by atoms with van der Waals surface area (Å²) in [6.07, 6.45) is -3.74. The molecule has 1 heterocycles. The Bertz CT molecular complexity index is 898. The zero-order chi connectivity index (χ0) is 18.0. The van der Waals surface area contributed by atoms with Crippen LogP contribution in [0.2, 0.25) is 0 Å². The summed E-state index contributed by atoms with van der Waals surface area (Å²) in [5.41, 5.74) is 0.127. The van der Waals surface area contributed by atoms with Gasteiger partial charge >= 0.3 is 6.18 Å². The van der Waals surface area contributed by atoms with E-state index in [1.807, 2.05) is 0 Å². The lowest BCUT2D eigenvalue weighted by Crippen LogP contribution is -2.22. The molecule has 0 atom stereocenters. The van der Waals surface area contributed by atoms with Gasteiger partial charge in [0.15, 0.2) is 0 Å². The number of halogens is 4. The van der Waals surface area contributed by atoms with Crippen molar-refractivity contribution in [1.29, 1.82) is 0 Å². The summed E-state index contributed by atoms with van der Waals surface area (Å²) >= 11 is 0. The first-order valence-electron chi connectivity index (χ1n) is 7.44. The Labute approximate surface area is 140 Å². The molecule has 7 heteroatoms. The zero-order valence-corrected chi connectivity index (χ0v) is 12.9. The number of carbonyl (C=O) groups excluding carboxylic acids is 1. The molecule has 0 saturated carbocycles. The first-order chi connectivity index (χ1) is 11.9. The molecule has 2 aromatic carbocycles. The van der Waals surface area contributed by atoms with Gasteiger partial charge in [-0.2, -0.15) is 13.2 Å². The number of para-hydroxylation sites is 1. The second-order valence-corrected chi connectivity index (χ2v) is 5.38. The molecule has 25 heavy (non-hydrogen) atoms. The van der Waals surface area contributed by atoms with Gasteiger partial charge < -0.3 is 9.30 Å². The summed E-state index contributed by atoms with van der Waals surface area (Å²) in [7, 11) is 0. The Balaban J connectivity index is 1.82. The van der Waals surface area contributed by atoms with E-state index in [4.69, 9.17) is 4.74 Å². The number of aromatic nitrogens is 1. The van der Waals surface area contributed by atoms with E-state index in [-0.39, 0.29) is 29.9 Å². The molecule has 3 rings (SSSR count). The molecule has 1 aromatic heterocycles. The fraction of sp³-hybridized carbons (Fsp3) is 0.167. The van der Waals surface area contributed by atoms with Crippen molar-refractivity contribution in [1.82, 2.24) is 4.57 Å². The van der Waals surface area contributed by atoms with Crippen LogP contribution in [0.4, 0.5) is 17.6 Å². The van der Waals surface area contributed by atoms with Crippen LogP contribution < -0.4 is 4.74 Å². The lowest BCUT2D eigenvalue weighted by molar-refractivity contribution is -0.0884. The predicted molar refractivity (Wildman–Crippen MR) is 84.2 cm³/mol. The summed E-state index contributed by atoms with van der Waals surface area (Å²) in [5, 5.41) is 0.242. The number of fused-ring (bicyclic) bond motifs is 1. The van der Waals surface area contributed by atoms with Gasteiger partial charge in [0.2, 0.25) is 0 Å². The maximum absolute atomic E-state index is 12.8. The molecule has 0 unspecified atom stereocenters. The van der Waals surface area contributed by atoms with E-state index < -0.39 is 12.0 Å². The van der Waals surface area contributed by atoms with E-state index in [0.29, 0.717) is 11.3 Å². The monoisotopic (exact) mass is 351 g/mol. The number of hydrogen-bond acceptors (Lipinski definition) is 2. The molecule has 3 nitrogen and oxygen atoms in total. The van der Waals surface area contributed by atoms with Crippen molar-refractivity contribution >= 4 is 16.7 Å². The van der Waals surface area contributed by atoms with Crippen molar-refractivity contribution in [3.05, 3.63) is 66.1 Å². The number of rotatable bonds is 5. The van der Waals surface area contributed by atoms with Crippen LogP contribution in [-0.2, 0) is 6.54 Å². The molecule has 0 amide bonds. The lowest BCUT2D eigenvalue weighted by Gasteiger charge is -2.08. The maximum atomic E-state index is 12.8. The highest BCUT2D eigenvalue weighted by Crippen LogP contribution is 2.28. The van der Waals surface area contributed by atoms with Gasteiger partial charge in [-0.25, -0.2) is 4.39 Å². The van der Waals surface area contributed by atoms with E-state index in [0.717, 1.165) is 0 Å². The number of nitrogens with zero attached hydrogens (tertiary/aromatic N) is 1. The molecule has 0 saturated heterocycles. The van der Waals surface area contributed by atoms with E-state index in [1.165, 1.54) is 41.1 Å². The average Bonchev–Trinajstić information content (AvgIpc) is 2.94. The van der Waals surface area contributed by atoms with E-state index >= 15 is 0 Å². The third-order valence-corrected chi connectivity index (χ3v) is 3.71. The second-order valence-electron chi connectivity index (χ2n) is 5.38. The highest BCUT2D eigenvalue weighted by molar-refractivity contribution is 6.10.